The quantitative estimate of drug-likeness (QED) is 0.380. The number of hydrogen-bond acceptors (Lipinski definition) is 3. The molecule has 0 amide bonds. The topological polar surface area (TPSA) is 32.7 Å². The first-order valence-corrected chi connectivity index (χ1v) is 13.5. The van der Waals surface area contributed by atoms with Gasteiger partial charge in [-0.1, -0.05) is 61.9 Å². The van der Waals surface area contributed by atoms with Crippen molar-refractivity contribution >= 4 is 0 Å². The van der Waals surface area contributed by atoms with E-state index >= 15 is 0 Å². The van der Waals surface area contributed by atoms with Gasteiger partial charge in [-0.3, -0.25) is 4.90 Å². The van der Waals surface area contributed by atoms with Gasteiger partial charge in [-0.25, -0.2) is 0 Å². The predicted octanol–water partition coefficient (Wildman–Crippen LogP) is 7.14. The van der Waals surface area contributed by atoms with E-state index in [1.54, 1.807) is 0 Å². The van der Waals surface area contributed by atoms with Crippen LogP contribution in [0.2, 0.25) is 0 Å². The van der Waals surface area contributed by atoms with E-state index in [2.05, 4.69) is 79.4 Å². The Hall–Kier alpha value is -2.78. The number of aromatic hydroxyl groups is 1. The molecule has 1 fully saturated rings. The van der Waals surface area contributed by atoms with Gasteiger partial charge >= 0.3 is 0 Å². The molecule has 1 aliphatic heterocycles. The van der Waals surface area contributed by atoms with Gasteiger partial charge in [0.2, 0.25) is 0 Å². The number of benzene rings is 3. The molecule has 0 spiro atoms. The summed E-state index contributed by atoms with van der Waals surface area (Å²) in [6, 6.07) is 25.6. The monoisotopic (exact) mass is 469 g/mol. The third-order valence-electron chi connectivity index (χ3n) is 7.98. The van der Waals surface area contributed by atoms with Crippen LogP contribution in [-0.4, -0.2) is 35.7 Å². The van der Waals surface area contributed by atoms with Gasteiger partial charge in [-0.2, -0.15) is 0 Å². The van der Waals surface area contributed by atoms with E-state index in [4.69, 9.17) is 4.74 Å². The molecule has 1 heterocycles. The molecular weight excluding hydrogens is 430 g/mol. The summed E-state index contributed by atoms with van der Waals surface area (Å²) in [4.78, 5) is 2.57. The van der Waals surface area contributed by atoms with Crippen molar-refractivity contribution in [1.29, 1.82) is 0 Å². The fourth-order valence-corrected chi connectivity index (χ4v) is 6.39. The molecular formula is C32H39NO2. The first kappa shape index (κ1) is 23.9. The maximum absolute atomic E-state index is 10.1. The van der Waals surface area contributed by atoms with Gasteiger partial charge in [-0.05, 0) is 97.5 Å². The summed E-state index contributed by atoms with van der Waals surface area (Å²) < 4.78 is 6.34. The van der Waals surface area contributed by atoms with Crippen molar-refractivity contribution in [2.75, 3.05) is 19.6 Å². The highest BCUT2D eigenvalue weighted by molar-refractivity contribution is 5.48. The maximum atomic E-state index is 10.1. The Kier molecular flexibility index (Phi) is 7.43. The first-order valence-electron chi connectivity index (χ1n) is 13.5. The summed E-state index contributed by atoms with van der Waals surface area (Å²) in [5.41, 5.74) is 5.30. The van der Waals surface area contributed by atoms with Crippen LogP contribution in [0.1, 0.15) is 73.6 Å². The lowest BCUT2D eigenvalue weighted by Crippen LogP contribution is -2.32. The van der Waals surface area contributed by atoms with Crippen molar-refractivity contribution in [3.8, 4) is 11.5 Å². The van der Waals surface area contributed by atoms with Crippen LogP contribution in [0.5, 0.6) is 11.5 Å². The molecule has 3 heteroatoms. The van der Waals surface area contributed by atoms with Crippen molar-refractivity contribution in [3.63, 3.8) is 0 Å². The summed E-state index contributed by atoms with van der Waals surface area (Å²) >= 11 is 0. The van der Waals surface area contributed by atoms with Crippen LogP contribution in [0.3, 0.4) is 0 Å². The van der Waals surface area contributed by atoms with Gasteiger partial charge < -0.3 is 9.84 Å². The number of hydrogen-bond donors (Lipinski definition) is 1. The third-order valence-corrected chi connectivity index (χ3v) is 7.98. The van der Waals surface area contributed by atoms with Crippen LogP contribution in [-0.2, 0) is 6.42 Å². The highest BCUT2D eigenvalue weighted by atomic mass is 16.5. The van der Waals surface area contributed by atoms with Gasteiger partial charge in [0.15, 0.2) is 0 Å². The molecule has 1 saturated heterocycles. The van der Waals surface area contributed by atoms with E-state index in [0.717, 1.165) is 31.1 Å². The fraction of sp³-hybridized carbons (Fsp3) is 0.438. The highest BCUT2D eigenvalue weighted by Gasteiger charge is 2.32. The number of rotatable bonds is 8. The fourth-order valence-electron chi connectivity index (χ4n) is 6.39. The van der Waals surface area contributed by atoms with E-state index in [9.17, 15) is 5.11 Å². The van der Waals surface area contributed by atoms with Gasteiger partial charge in [0.05, 0.1) is 0 Å². The van der Waals surface area contributed by atoms with Gasteiger partial charge in [0.25, 0.3) is 0 Å². The Morgan fingerprint density at radius 2 is 1.77 bits per heavy atom. The molecule has 0 saturated carbocycles. The Balaban J connectivity index is 1.32. The Morgan fingerprint density at radius 3 is 2.54 bits per heavy atom. The van der Waals surface area contributed by atoms with E-state index < -0.39 is 0 Å². The molecule has 0 radical (unpaired) electrons. The molecule has 184 valence electrons. The van der Waals surface area contributed by atoms with E-state index in [-0.39, 0.29) is 12.0 Å². The average Bonchev–Trinajstić information content (AvgIpc) is 3.31. The first-order chi connectivity index (χ1) is 17.1. The Morgan fingerprint density at radius 1 is 0.971 bits per heavy atom. The summed E-state index contributed by atoms with van der Waals surface area (Å²) in [6.07, 6.45) is 6.22. The molecule has 4 atom stereocenters. The number of phenols is 1. The van der Waals surface area contributed by atoms with Crippen LogP contribution in [0.15, 0.2) is 72.8 Å². The molecule has 1 aliphatic carbocycles. The normalized spacial score (nSPS) is 23.1. The lowest BCUT2D eigenvalue weighted by molar-refractivity contribution is 0.159. The number of fused-ring (bicyclic) bond motifs is 1. The molecule has 3 aromatic rings. The van der Waals surface area contributed by atoms with Crippen LogP contribution < -0.4 is 4.74 Å². The smallest absolute Gasteiger partial charge is 0.119 e. The van der Waals surface area contributed by atoms with Crippen LogP contribution in [0.4, 0.5) is 0 Å². The zero-order chi connectivity index (χ0) is 24.2. The van der Waals surface area contributed by atoms with Crippen LogP contribution >= 0.6 is 0 Å². The second-order valence-corrected chi connectivity index (χ2v) is 10.6. The molecule has 0 aromatic heterocycles. The Labute approximate surface area is 210 Å². The van der Waals surface area contributed by atoms with Crippen molar-refractivity contribution < 1.29 is 9.84 Å². The number of phenolic OH excluding ortho intramolecular Hbond substituents is 1. The number of aryl methyl sites for hydroxylation is 1. The summed E-state index contributed by atoms with van der Waals surface area (Å²) in [5, 5.41) is 10.1. The van der Waals surface area contributed by atoms with Crippen LogP contribution in [0, 0.1) is 5.92 Å². The van der Waals surface area contributed by atoms with Crippen molar-refractivity contribution in [3.05, 3.63) is 95.1 Å². The highest BCUT2D eigenvalue weighted by Crippen LogP contribution is 2.47. The average molecular weight is 470 g/mol. The van der Waals surface area contributed by atoms with Gasteiger partial charge in [0, 0.05) is 19.0 Å². The number of ether oxygens (including phenoxy) is 1. The Bertz CT molecular complexity index is 1090. The molecule has 0 bridgehead atoms. The summed E-state index contributed by atoms with van der Waals surface area (Å²) in [5.74, 6) is 2.86. The standard InChI is InChI=1S/C32H39NO2/c1-3-7-24-18-19-33(22-24)21-23(2)35-29-14-10-26(11-15-29)32-30(25-8-5-4-6-9-25)16-12-27-20-28(34)13-17-31(27)32/h4-6,8-11,13-15,17,20,23-24,30,32,34H,3,7,12,16,18-19,21-22H2,1-2H3/t23-,24-,30-,32+/m1/s1. The minimum Gasteiger partial charge on any atom is -0.508 e. The molecule has 35 heavy (non-hydrogen) atoms. The molecule has 1 N–H and O–H groups in total. The lowest BCUT2D eigenvalue weighted by Gasteiger charge is -2.35. The summed E-state index contributed by atoms with van der Waals surface area (Å²) in [7, 11) is 0. The van der Waals surface area contributed by atoms with E-state index in [1.165, 1.54) is 54.6 Å². The van der Waals surface area contributed by atoms with Crippen molar-refractivity contribution in [2.24, 2.45) is 5.92 Å². The van der Waals surface area contributed by atoms with Crippen LogP contribution in [0.25, 0.3) is 0 Å². The molecule has 0 unspecified atom stereocenters. The number of nitrogens with zero attached hydrogens (tertiary/aromatic N) is 1. The van der Waals surface area contributed by atoms with Crippen molar-refractivity contribution in [1.82, 2.24) is 4.90 Å². The van der Waals surface area contributed by atoms with Gasteiger partial charge in [0.1, 0.15) is 17.6 Å². The molecule has 2 aliphatic rings. The van der Waals surface area contributed by atoms with E-state index in [0.29, 0.717) is 11.7 Å². The molecule has 3 aromatic carbocycles. The zero-order valence-electron chi connectivity index (χ0n) is 21.2. The molecule has 5 rings (SSSR count). The third kappa shape index (κ3) is 5.56. The summed E-state index contributed by atoms with van der Waals surface area (Å²) in [6.45, 7) is 7.90. The molecule has 3 nitrogen and oxygen atoms in total. The second kappa shape index (κ2) is 10.9. The second-order valence-electron chi connectivity index (χ2n) is 10.6. The van der Waals surface area contributed by atoms with Gasteiger partial charge in [-0.15, -0.1) is 0 Å². The minimum absolute atomic E-state index is 0.177. The van der Waals surface area contributed by atoms with Crippen molar-refractivity contribution in [2.45, 2.75) is 63.9 Å². The zero-order valence-corrected chi connectivity index (χ0v) is 21.2. The maximum Gasteiger partial charge on any atom is 0.119 e. The minimum atomic E-state index is 0.177. The predicted molar refractivity (Wildman–Crippen MR) is 143 cm³/mol. The lowest BCUT2D eigenvalue weighted by atomic mass is 9.69. The number of likely N-dealkylation sites (tertiary alicyclic amines) is 1. The van der Waals surface area contributed by atoms with E-state index in [1.807, 2.05) is 12.1 Å². The SMILES string of the molecule is CCC[C@@H]1CCN(C[C@@H](C)Oc2ccc([C@@H]3c4ccc(O)cc4CC[C@@H]3c3ccccc3)cc2)C1. The largest absolute Gasteiger partial charge is 0.508 e.